The first-order valence-corrected chi connectivity index (χ1v) is 6.79. The first kappa shape index (κ1) is 14.0. The van der Waals surface area contributed by atoms with Gasteiger partial charge in [0, 0.05) is 16.2 Å². The summed E-state index contributed by atoms with van der Waals surface area (Å²) >= 11 is 0. The van der Waals surface area contributed by atoms with Crippen LogP contribution in [-0.4, -0.2) is 22.6 Å². The fourth-order valence-corrected chi connectivity index (χ4v) is 2.27. The van der Waals surface area contributed by atoms with E-state index in [9.17, 15) is 17.2 Å². The van der Waals surface area contributed by atoms with Crippen LogP contribution in [0.4, 0.5) is 8.78 Å². The molecule has 1 rings (SSSR count). The van der Waals surface area contributed by atoms with Crippen LogP contribution in [0.2, 0.25) is 0 Å². The lowest BCUT2D eigenvalue weighted by molar-refractivity contribution is 0.326. The molecule has 0 aliphatic rings. The van der Waals surface area contributed by atoms with Crippen molar-refractivity contribution in [2.24, 2.45) is 0 Å². The second-order valence-electron chi connectivity index (χ2n) is 3.08. The maximum Gasteiger partial charge on any atom is 0.236 e. The highest BCUT2D eigenvalue weighted by molar-refractivity contribution is 8.13. The molecular weight excluding hydrogens is 278 g/mol. The monoisotopic (exact) mass is 286 g/mol. The molecule has 0 spiro atoms. The summed E-state index contributed by atoms with van der Waals surface area (Å²) in [6.07, 6.45) is 0. The molecule has 1 aromatic rings. The minimum Gasteiger partial charge on any atom is -0.492 e. The number of rotatable bonds is 4. The molecule has 0 bridgehead atoms. The quantitative estimate of drug-likeness (QED) is 0.795. The maximum absolute atomic E-state index is 13.3. The fraction of sp³-hybridized carbons (Fsp3) is 0.333. The minimum absolute atomic E-state index is 0.113. The van der Waals surface area contributed by atoms with Gasteiger partial charge in [-0.1, -0.05) is 0 Å². The summed E-state index contributed by atoms with van der Waals surface area (Å²) in [4.78, 5) is 0. The third-order valence-corrected chi connectivity index (χ3v) is 2.93. The third-order valence-electron chi connectivity index (χ3n) is 1.94. The first-order valence-electron chi connectivity index (χ1n) is 4.31. The minimum atomic E-state index is -3.92. The molecule has 0 saturated heterocycles. The maximum atomic E-state index is 13.3. The van der Waals surface area contributed by atoms with E-state index in [-0.39, 0.29) is 11.3 Å². The van der Waals surface area contributed by atoms with E-state index in [0.717, 1.165) is 7.11 Å². The Bertz CT molecular complexity index is 530. The van der Waals surface area contributed by atoms with Gasteiger partial charge in [0.25, 0.3) is 0 Å². The van der Waals surface area contributed by atoms with Crippen LogP contribution in [0.15, 0.2) is 6.07 Å². The average molecular weight is 287 g/mol. The lowest BCUT2D eigenvalue weighted by Gasteiger charge is -2.13. The summed E-state index contributed by atoms with van der Waals surface area (Å²) in [6.45, 7) is 0. The van der Waals surface area contributed by atoms with Crippen LogP contribution in [0.5, 0.6) is 11.5 Å². The molecule has 0 saturated carbocycles. The van der Waals surface area contributed by atoms with Crippen LogP contribution in [0.25, 0.3) is 0 Å². The van der Waals surface area contributed by atoms with Gasteiger partial charge in [-0.25, -0.2) is 12.8 Å². The van der Waals surface area contributed by atoms with Crippen molar-refractivity contribution in [1.29, 1.82) is 0 Å². The van der Waals surface area contributed by atoms with E-state index in [1.165, 1.54) is 7.11 Å². The van der Waals surface area contributed by atoms with Crippen molar-refractivity contribution in [2.45, 2.75) is 5.75 Å². The van der Waals surface area contributed by atoms with Gasteiger partial charge in [0.2, 0.25) is 14.9 Å². The molecular formula is C9H9ClF2O4S. The largest absolute Gasteiger partial charge is 0.492 e. The molecule has 0 aromatic heterocycles. The van der Waals surface area contributed by atoms with Gasteiger partial charge in [-0.15, -0.1) is 0 Å². The smallest absolute Gasteiger partial charge is 0.236 e. The highest BCUT2D eigenvalue weighted by Gasteiger charge is 2.22. The van der Waals surface area contributed by atoms with E-state index in [2.05, 4.69) is 4.74 Å². The van der Waals surface area contributed by atoms with Crippen molar-refractivity contribution in [3.05, 3.63) is 23.3 Å². The predicted octanol–water partition coefficient (Wildman–Crippen LogP) is 2.05. The number of hydrogen-bond donors (Lipinski definition) is 0. The molecule has 0 fully saturated rings. The number of methoxy groups -OCH3 is 2. The SMILES string of the molecule is COc1c(CS(=O)(=O)Cl)cc(F)c(F)c1OC. The highest BCUT2D eigenvalue weighted by atomic mass is 35.7. The molecule has 0 atom stereocenters. The Hall–Kier alpha value is -1.08. The van der Waals surface area contributed by atoms with Crippen molar-refractivity contribution < 1.29 is 26.7 Å². The van der Waals surface area contributed by atoms with Gasteiger partial charge in [-0.3, -0.25) is 0 Å². The lowest BCUT2D eigenvalue weighted by Crippen LogP contribution is -2.04. The second kappa shape index (κ2) is 5.05. The summed E-state index contributed by atoms with van der Waals surface area (Å²) in [7, 11) is 3.42. The van der Waals surface area contributed by atoms with Crippen molar-refractivity contribution in [3.8, 4) is 11.5 Å². The summed E-state index contributed by atoms with van der Waals surface area (Å²) in [5.74, 6) is -3.87. The van der Waals surface area contributed by atoms with Crippen molar-refractivity contribution in [3.63, 3.8) is 0 Å². The van der Waals surface area contributed by atoms with E-state index < -0.39 is 32.2 Å². The molecule has 4 nitrogen and oxygen atoms in total. The first-order chi connectivity index (χ1) is 7.80. The molecule has 0 unspecified atom stereocenters. The van der Waals surface area contributed by atoms with E-state index in [0.29, 0.717) is 6.07 Å². The topological polar surface area (TPSA) is 52.6 Å². The van der Waals surface area contributed by atoms with E-state index in [1.807, 2.05) is 0 Å². The lowest BCUT2D eigenvalue weighted by atomic mass is 10.2. The molecule has 0 aliphatic heterocycles. The zero-order chi connectivity index (χ0) is 13.2. The van der Waals surface area contributed by atoms with E-state index in [1.54, 1.807) is 0 Å². The Balaban J connectivity index is 3.45. The van der Waals surface area contributed by atoms with Gasteiger partial charge >= 0.3 is 0 Å². The summed E-state index contributed by atoms with van der Waals surface area (Å²) in [5.41, 5.74) is -0.113. The van der Waals surface area contributed by atoms with Gasteiger partial charge in [0.1, 0.15) is 0 Å². The normalized spacial score (nSPS) is 11.4. The summed E-state index contributed by atoms with van der Waals surface area (Å²) in [5, 5.41) is 0. The third kappa shape index (κ3) is 3.19. The molecule has 96 valence electrons. The molecule has 1 aromatic carbocycles. The van der Waals surface area contributed by atoms with Crippen LogP contribution in [0, 0.1) is 11.6 Å². The molecule has 0 radical (unpaired) electrons. The zero-order valence-electron chi connectivity index (χ0n) is 8.96. The van der Waals surface area contributed by atoms with Crippen molar-refractivity contribution in [1.82, 2.24) is 0 Å². The predicted molar refractivity (Wildman–Crippen MR) is 57.9 cm³/mol. The van der Waals surface area contributed by atoms with Crippen LogP contribution < -0.4 is 9.47 Å². The van der Waals surface area contributed by atoms with Gasteiger partial charge in [0.05, 0.1) is 20.0 Å². The van der Waals surface area contributed by atoms with Gasteiger partial charge in [-0.05, 0) is 6.07 Å². The number of ether oxygens (including phenoxy) is 2. The standard InChI is InChI=1S/C9H9ClF2O4S/c1-15-8-5(4-17(10,13)14)3-6(11)7(12)9(8)16-2/h3H,4H2,1-2H3. The van der Waals surface area contributed by atoms with Crippen LogP contribution in [0.3, 0.4) is 0 Å². The van der Waals surface area contributed by atoms with Crippen LogP contribution in [-0.2, 0) is 14.8 Å². The average Bonchev–Trinajstić information content (AvgIpc) is 2.20. The van der Waals surface area contributed by atoms with Gasteiger partial charge in [0.15, 0.2) is 17.3 Å². The highest BCUT2D eigenvalue weighted by Crippen LogP contribution is 2.36. The van der Waals surface area contributed by atoms with Crippen LogP contribution >= 0.6 is 10.7 Å². The van der Waals surface area contributed by atoms with Gasteiger partial charge in [-0.2, -0.15) is 4.39 Å². The molecule has 8 heteroatoms. The fourth-order valence-electron chi connectivity index (χ4n) is 1.33. The Morgan fingerprint density at radius 3 is 2.18 bits per heavy atom. The molecule has 0 N–H and O–H groups in total. The Morgan fingerprint density at radius 2 is 1.76 bits per heavy atom. The Kier molecular flexibility index (Phi) is 4.16. The summed E-state index contributed by atoms with van der Waals surface area (Å²) in [6, 6.07) is 0.705. The molecule has 0 amide bonds. The number of benzene rings is 1. The second-order valence-corrected chi connectivity index (χ2v) is 5.86. The van der Waals surface area contributed by atoms with E-state index in [4.69, 9.17) is 15.4 Å². The summed E-state index contributed by atoms with van der Waals surface area (Å²) < 4.78 is 57.7. The van der Waals surface area contributed by atoms with E-state index >= 15 is 0 Å². The number of hydrogen-bond acceptors (Lipinski definition) is 4. The Labute approximate surface area is 102 Å². The Morgan fingerprint density at radius 1 is 1.24 bits per heavy atom. The number of halogens is 3. The zero-order valence-corrected chi connectivity index (χ0v) is 10.5. The van der Waals surface area contributed by atoms with Crippen LogP contribution in [0.1, 0.15) is 5.56 Å². The molecule has 0 aliphatic carbocycles. The van der Waals surface area contributed by atoms with Gasteiger partial charge < -0.3 is 9.47 Å². The molecule has 0 heterocycles. The van der Waals surface area contributed by atoms with Crippen molar-refractivity contribution in [2.75, 3.05) is 14.2 Å². The molecule has 17 heavy (non-hydrogen) atoms. The van der Waals surface area contributed by atoms with Crippen molar-refractivity contribution >= 4 is 19.7 Å².